The number of aryl methyl sites for hydroxylation is 1. The van der Waals surface area contributed by atoms with Gasteiger partial charge in [0.2, 0.25) is 5.91 Å². The number of aliphatic hydroxyl groups excluding tert-OH is 2. The summed E-state index contributed by atoms with van der Waals surface area (Å²) in [5.74, 6) is 1.08. The van der Waals surface area contributed by atoms with Crippen molar-refractivity contribution in [3.8, 4) is 5.75 Å². The number of hydrogen-bond donors (Lipinski definition) is 2. The molecule has 1 heterocycles. The summed E-state index contributed by atoms with van der Waals surface area (Å²) in [6.45, 7) is 1.23. The minimum atomic E-state index is -0.989. The van der Waals surface area contributed by atoms with Gasteiger partial charge in [0.25, 0.3) is 0 Å². The molecule has 1 amide bonds. The van der Waals surface area contributed by atoms with Crippen LogP contribution in [0.1, 0.15) is 50.5 Å². The van der Waals surface area contributed by atoms with Crippen LogP contribution in [0.25, 0.3) is 0 Å². The van der Waals surface area contributed by atoms with Gasteiger partial charge in [-0.1, -0.05) is 24.4 Å². The zero-order chi connectivity index (χ0) is 19.2. The van der Waals surface area contributed by atoms with Gasteiger partial charge in [0.1, 0.15) is 18.5 Å². The molecule has 3 rings (SSSR count). The third-order valence-electron chi connectivity index (χ3n) is 5.71. The molecule has 1 aromatic rings. The number of carbonyl (C=O) groups excluding carboxylic acids is 1. The zero-order valence-corrected chi connectivity index (χ0v) is 16.5. The van der Waals surface area contributed by atoms with Crippen molar-refractivity contribution in [3.05, 3.63) is 28.8 Å². The highest BCUT2D eigenvalue weighted by Crippen LogP contribution is 2.29. The van der Waals surface area contributed by atoms with E-state index in [2.05, 4.69) is 0 Å². The van der Waals surface area contributed by atoms with E-state index in [9.17, 15) is 15.0 Å². The molecule has 0 aromatic heterocycles. The van der Waals surface area contributed by atoms with Gasteiger partial charge in [0.05, 0.1) is 6.10 Å². The van der Waals surface area contributed by atoms with Crippen molar-refractivity contribution in [2.45, 2.75) is 63.6 Å². The van der Waals surface area contributed by atoms with Crippen molar-refractivity contribution in [1.82, 2.24) is 4.90 Å². The molecule has 0 unspecified atom stereocenters. The van der Waals surface area contributed by atoms with Gasteiger partial charge in [-0.3, -0.25) is 4.79 Å². The van der Waals surface area contributed by atoms with Crippen molar-refractivity contribution < 1.29 is 19.7 Å². The van der Waals surface area contributed by atoms with Crippen LogP contribution >= 0.6 is 11.6 Å². The minimum Gasteiger partial charge on any atom is -0.491 e. The van der Waals surface area contributed by atoms with Gasteiger partial charge in [0.15, 0.2) is 0 Å². The summed E-state index contributed by atoms with van der Waals surface area (Å²) in [6, 6.07) is 5.50. The molecule has 0 bridgehead atoms. The fourth-order valence-corrected chi connectivity index (χ4v) is 3.89. The van der Waals surface area contributed by atoms with Crippen molar-refractivity contribution in [1.29, 1.82) is 0 Å². The van der Waals surface area contributed by atoms with E-state index >= 15 is 0 Å². The second-order valence-corrected chi connectivity index (χ2v) is 8.19. The van der Waals surface area contributed by atoms with E-state index in [0.29, 0.717) is 23.7 Å². The molecule has 2 aliphatic rings. The van der Waals surface area contributed by atoms with Crippen molar-refractivity contribution in [2.24, 2.45) is 5.92 Å². The number of halogens is 1. The fraction of sp³-hybridized carbons (Fsp3) is 0.667. The van der Waals surface area contributed by atoms with E-state index in [0.717, 1.165) is 57.1 Å². The van der Waals surface area contributed by atoms with Crippen LogP contribution in [0, 0.1) is 5.92 Å². The highest BCUT2D eigenvalue weighted by molar-refractivity contribution is 6.30. The summed E-state index contributed by atoms with van der Waals surface area (Å²) in [5.41, 5.74) is 1.02. The van der Waals surface area contributed by atoms with Gasteiger partial charge in [0, 0.05) is 24.0 Å². The molecule has 0 saturated heterocycles. The maximum atomic E-state index is 12.7. The largest absolute Gasteiger partial charge is 0.491 e. The Labute approximate surface area is 166 Å². The van der Waals surface area contributed by atoms with Crippen molar-refractivity contribution in [2.75, 3.05) is 19.7 Å². The van der Waals surface area contributed by atoms with Crippen LogP contribution in [-0.2, 0) is 11.2 Å². The lowest BCUT2D eigenvalue weighted by atomic mass is 9.84. The Morgan fingerprint density at radius 1 is 1.04 bits per heavy atom. The maximum absolute atomic E-state index is 12.7. The Morgan fingerprint density at radius 2 is 1.85 bits per heavy atom. The smallest absolute Gasteiger partial charge is 0.225 e. The highest BCUT2D eigenvalue weighted by Gasteiger charge is 2.30. The topological polar surface area (TPSA) is 70.0 Å². The lowest BCUT2D eigenvalue weighted by molar-refractivity contribution is -0.138. The SMILES string of the molecule is O=C(C1CCC1)N1CCCCCc2cc(Cl)ccc2OC[C@@H](O)[C@@H](O)CC1. The number of carbonyl (C=O) groups is 1. The van der Waals surface area contributed by atoms with E-state index in [1.165, 1.54) is 0 Å². The quantitative estimate of drug-likeness (QED) is 0.766. The number of rotatable bonds is 1. The monoisotopic (exact) mass is 395 g/mol. The number of fused-ring (bicyclic) bond motifs is 1. The Kier molecular flexibility index (Phi) is 7.39. The van der Waals surface area contributed by atoms with Crippen LogP contribution in [0.3, 0.4) is 0 Å². The zero-order valence-electron chi connectivity index (χ0n) is 15.8. The van der Waals surface area contributed by atoms with E-state index in [1.54, 1.807) is 6.07 Å². The first-order chi connectivity index (χ1) is 13.0. The number of hydrogen-bond acceptors (Lipinski definition) is 4. The van der Waals surface area contributed by atoms with Gasteiger partial charge in [-0.15, -0.1) is 0 Å². The predicted molar refractivity (Wildman–Crippen MR) is 105 cm³/mol. The Morgan fingerprint density at radius 3 is 2.59 bits per heavy atom. The molecule has 27 heavy (non-hydrogen) atoms. The number of ether oxygens (including phenoxy) is 1. The third kappa shape index (κ3) is 5.59. The first-order valence-electron chi connectivity index (χ1n) is 10.1. The Hall–Kier alpha value is -1.30. The highest BCUT2D eigenvalue weighted by atomic mass is 35.5. The molecule has 6 heteroatoms. The summed E-state index contributed by atoms with van der Waals surface area (Å²) in [6.07, 6.45) is 5.33. The lowest BCUT2D eigenvalue weighted by Gasteiger charge is -2.32. The molecule has 0 spiro atoms. The minimum absolute atomic E-state index is 0.0202. The third-order valence-corrected chi connectivity index (χ3v) is 5.95. The molecule has 1 fully saturated rings. The van der Waals surface area contributed by atoms with Crippen molar-refractivity contribution in [3.63, 3.8) is 0 Å². The Balaban J connectivity index is 1.67. The van der Waals surface area contributed by atoms with Gasteiger partial charge >= 0.3 is 0 Å². The molecule has 0 radical (unpaired) electrons. The van der Waals surface area contributed by atoms with Crippen LogP contribution in [-0.4, -0.2) is 52.9 Å². The van der Waals surface area contributed by atoms with Crippen LogP contribution in [0.4, 0.5) is 0 Å². The van der Waals surface area contributed by atoms with E-state index in [4.69, 9.17) is 16.3 Å². The predicted octanol–water partition coefficient (Wildman–Crippen LogP) is 3.19. The molecule has 2 atom stereocenters. The summed E-state index contributed by atoms with van der Waals surface area (Å²) in [5, 5.41) is 21.2. The molecule has 2 N–H and O–H groups in total. The van der Waals surface area contributed by atoms with E-state index in [-0.39, 0.29) is 18.4 Å². The number of amides is 1. The molecular weight excluding hydrogens is 366 g/mol. The van der Waals surface area contributed by atoms with E-state index in [1.807, 2.05) is 17.0 Å². The van der Waals surface area contributed by atoms with Gasteiger partial charge in [-0.05, 0) is 62.3 Å². The number of benzene rings is 1. The van der Waals surface area contributed by atoms with Gasteiger partial charge in [-0.2, -0.15) is 0 Å². The first-order valence-corrected chi connectivity index (χ1v) is 10.5. The number of nitrogens with zero attached hydrogens (tertiary/aromatic N) is 1. The van der Waals surface area contributed by atoms with Gasteiger partial charge < -0.3 is 19.8 Å². The summed E-state index contributed by atoms with van der Waals surface area (Å²) in [4.78, 5) is 14.5. The lowest BCUT2D eigenvalue weighted by Crippen LogP contribution is -2.42. The van der Waals surface area contributed by atoms with E-state index < -0.39 is 12.2 Å². The fourth-order valence-electron chi connectivity index (χ4n) is 3.69. The van der Waals surface area contributed by atoms with Crippen LogP contribution in [0.15, 0.2) is 18.2 Å². The van der Waals surface area contributed by atoms with Gasteiger partial charge in [-0.25, -0.2) is 0 Å². The average molecular weight is 396 g/mol. The summed E-state index contributed by atoms with van der Waals surface area (Å²) >= 11 is 6.12. The average Bonchev–Trinajstić information content (AvgIpc) is 2.60. The molecule has 1 aliphatic heterocycles. The summed E-state index contributed by atoms with van der Waals surface area (Å²) < 4.78 is 5.76. The molecule has 150 valence electrons. The normalized spacial score (nSPS) is 25.7. The standard InChI is InChI=1S/C21H30ClNO4/c22-17-8-9-20-16(13-17)5-2-1-3-11-23(21(26)15-6-4-7-15)12-10-18(24)19(25)14-27-20/h8-9,13,15,18-19,24-25H,1-7,10-12,14H2/t18-,19+/m0/s1. The summed E-state index contributed by atoms with van der Waals surface area (Å²) in [7, 11) is 0. The molecule has 1 saturated carbocycles. The second-order valence-electron chi connectivity index (χ2n) is 7.75. The van der Waals surface area contributed by atoms with Crippen molar-refractivity contribution >= 4 is 17.5 Å². The van der Waals surface area contributed by atoms with Crippen LogP contribution < -0.4 is 4.74 Å². The maximum Gasteiger partial charge on any atom is 0.225 e. The molecule has 5 nitrogen and oxygen atoms in total. The molecule has 1 aliphatic carbocycles. The second kappa shape index (κ2) is 9.76. The molecular formula is C21H30ClNO4. The van der Waals surface area contributed by atoms with Crippen LogP contribution in [0.5, 0.6) is 5.75 Å². The Bertz CT molecular complexity index is 635. The first kappa shape index (κ1) is 20.4. The van der Waals surface area contributed by atoms with Crippen LogP contribution in [0.2, 0.25) is 5.02 Å². The number of aliphatic hydroxyl groups is 2. The molecule has 1 aromatic carbocycles.